The zero-order valence-electron chi connectivity index (χ0n) is 12.7. The summed E-state index contributed by atoms with van der Waals surface area (Å²) in [6.45, 7) is 0.841. The van der Waals surface area contributed by atoms with Crippen molar-refractivity contribution in [2.75, 3.05) is 13.2 Å². The Bertz CT molecular complexity index is 482. The number of aliphatic hydroxyl groups is 1. The van der Waals surface area contributed by atoms with Gasteiger partial charge in [-0.1, -0.05) is 12.8 Å². The number of urea groups is 1. The molecule has 2 heterocycles. The van der Waals surface area contributed by atoms with Gasteiger partial charge in [0.15, 0.2) is 0 Å². The first-order valence-corrected chi connectivity index (χ1v) is 8.07. The van der Waals surface area contributed by atoms with Crippen LogP contribution in [0.5, 0.6) is 0 Å². The van der Waals surface area contributed by atoms with Gasteiger partial charge < -0.3 is 24.9 Å². The summed E-state index contributed by atoms with van der Waals surface area (Å²) in [5, 5.41) is 15.6. The molecule has 2 aliphatic rings. The number of hydrogen-bond acceptors (Lipinski definition) is 4. The fourth-order valence-corrected chi connectivity index (χ4v) is 3.53. The molecule has 2 unspecified atom stereocenters. The Kier molecular flexibility index (Phi) is 4.69. The molecule has 0 aromatic carbocycles. The maximum Gasteiger partial charge on any atom is 0.315 e. The lowest BCUT2D eigenvalue weighted by Crippen LogP contribution is -2.50. The fourth-order valence-electron chi connectivity index (χ4n) is 3.53. The molecular formula is C16H24N2O4. The van der Waals surface area contributed by atoms with Crippen molar-refractivity contribution in [3.8, 4) is 0 Å². The van der Waals surface area contributed by atoms with Gasteiger partial charge in [-0.15, -0.1) is 0 Å². The van der Waals surface area contributed by atoms with Gasteiger partial charge in [-0.25, -0.2) is 4.79 Å². The number of furan rings is 1. The second-order valence-electron chi connectivity index (χ2n) is 6.31. The van der Waals surface area contributed by atoms with Crippen LogP contribution in [0.15, 0.2) is 22.8 Å². The van der Waals surface area contributed by atoms with Crippen molar-refractivity contribution >= 4 is 6.03 Å². The van der Waals surface area contributed by atoms with E-state index in [1.165, 1.54) is 19.1 Å². The maximum absolute atomic E-state index is 12.0. The van der Waals surface area contributed by atoms with E-state index in [1.54, 1.807) is 12.1 Å². The predicted molar refractivity (Wildman–Crippen MR) is 80.4 cm³/mol. The minimum absolute atomic E-state index is 0.0100. The van der Waals surface area contributed by atoms with Crippen LogP contribution in [-0.4, -0.2) is 35.9 Å². The molecule has 3 rings (SSSR count). The molecule has 6 nitrogen and oxygen atoms in total. The first-order chi connectivity index (χ1) is 10.7. The van der Waals surface area contributed by atoms with Crippen LogP contribution in [0.3, 0.4) is 0 Å². The Balaban J connectivity index is 1.43. The molecule has 22 heavy (non-hydrogen) atoms. The largest absolute Gasteiger partial charge is 0.467 e. The van der Waals surface area contributed by atoms with Crippen molar-refractivity contribution < 1.29 is 19.1 Å². The molecule has 1 spiro atoms. The molecule has 6 heteroatoms. The third-order valence-electron chi connectivity index (χ3n) is 4.67. The summed E-state index contributed by atoms with van der Waals surface area (Å²) in [4.78, 5) is 12.0. The van der Waals surface area contributed by atoms with E-state index < -0.39 is 6.10 Å². The SMILES string of the molecule is O=C(NCC(O)c1ccco1)NC1CCOC2(CCCC2)C1. The summed E-state index contributed by atoms with van der Waals surface area (Å²) in [6.07, 6.45) is 7.05. The molecule has 2 atom stereocenters. The lowest BCUT2D eigenvalue weighted by atomic mass is 9.89. The number of hydrogen-bond donors (Lipinski definition) is 3. The quantitative estimate of drug-likeness (QED) is 0.795. The Morgan fingerprint density at radius 1 is 1.45 bits per heavy atom. The molecular weight excluding hydrogens is 284 g/mol. The summed E-state index contributed by atoms with van der Waals surface area (Å²) < 4.78 is 11.1. The van der Waals surface area contributed by atoms with Crippen LogP contribution >= 0.6 is 0 Å². The minimum Gasteiger partial charge on any atom is -0.467 e. The van der Waals surface area contributed by atoms with Gasteiger partial charge in [0.1, 0.15) is 11.9 Å². The van der Waals surface area contributed by atoms with Crippen molar-refractivity contribution in [1.29, 1.82) is 0 Å². The third kappa shape index (κ3) is 3.62. The van der Waals surface area contributed by atoms with Crippen molar-refractivity contribution in [2.24, 2.45) is 0 Å². The molecule has 1 aromatic heterocycles. The van der Waals surface area contributed by atoms with E-state index in [9.17, 15) is 9.90 Å². The second-order valence-corrected chi connectivity index (χ2v) is 6.31. The first-order valence-electron chi connectivity index (χ1n) is 8.07. The average molecular weight is 308 g/mol. The summed E-state index contributed by atoms with van der Waals surface area (Å²) in [7, 11) is 0. The average Bonchev–Trinajstić information content (AvgIpc) is 3.17. The van der Waals surface area contributed by atoms with E-state index >= 15 is 0 Å². The zero-order valence-corrected chi connectivity index (χ0v) is 12.7. The molecule has 1 saturated carbocycles. The Morgan fingerprint density at radius 3 is 3.00 bits per heavy atom. The van der Waals surface area contributed by atoms with Crippen molar-refractivity contribution in [1.82, 2.24) is 10.6 Å². The molecule has 2 fully saturated rings. The molecule has 3 N–H and O–H groups in total. The van der Waals surface area contributed by atoms with Gasteiger partial charge in [0.05, 0.1) is 18.4 Å². The molecule has 1 aliphatic carbocycles. The summed E-state index contributed by atoms with van der Waals surface area (Å²) in [5.74, 6) is 0.455. The molecule has 1 aliphatic heterocycles. The Hall–Kier alpha value is -1.53. The normalized spacial score (nSPS) is 25.0. The van der Waals surface area contributed by atoms with Gasteiger partial charge in [-0.05, 0) is 37.8 Å². The van der Waals surface area contributed by atoms with Gasteiger partial charge in [-0.3, -0.25) is 0 Å². The van der Waals surface area contributed by atoms with Crippen molar-refractivity contribution in [3.05, 3.63) is 24.2 Å². The predicted octanol–water partition coefficient (Wildman–Crippen LogP) is 2.10. The fraction of sp³-hybridized carbons (Fsp3) is 0.688. The molecule has 2 amide bonds. The van der Waals surface area contributed by atoms with E-state index in [2.05, 4.69) is 10.6 Å². The highest BCUT2D eigenvalue weighted by atomic mass is 16.5. The Labute approximate surface area is 130 Å². The second kappa shape index (κ2) is 6.71. The van der Waals surface area contributed by atoms with E-state index in [-0.39, 0.29) is 24.2 Å². The molecule has 0 radical (unpaired) electrons. The summed E-state index contributed by atoms with van der Waals surface area (Å²) >= 11 is 0. The molecule has 122 valence electrons. The van der Waals surface area contributed by atoms with Crippen LogP contribution in [0, 0.1) is 0 Å². The maximum atomic E-state index is 12.0. The van der Waals surface area contributed by atoms with Crippen LogP contribution in [0.1, 0.15) is 50.4 Å². The van der Waals surface area contributed by atoms with Gasteiger partial charge >= 0.3 is 6.03 Å². The number of carbonyl (C=O) groups is 1. The van der Waals surface area contributed by atoms with Crippen molar-refractivity contribution in [2.45, 2.75) is 56.3 Å². The van der Waals surface area contributed by atoms with E-state index in [0.717, 1.165) is 25.7 Å². The number of amides is 2. The lowest BCUT2D eigenvalue weighted by Gasteiger charge is -2.38. The minimum atomic E-state index is -0.823. The molecule has 1 aromatic rings. The van der Waals surface area contributed by atoms with Crippen LogP contribution in [0.2, 0.25) is 0 Å². The van der Waals surface area contributed by atoms with E-state index in [4.69, 9.17) is 9.15 Å². The topological polar surface area (TPSA) is 83.7 Å². The number of ether oxygens (including phenoxy) is 1. The van der Waals surface area contributed by atoms with Crippen LogP contribution in [0.25, 0.3) is 0 Å². The number of rotatable bonds is 4. The summed E-state index contributed by atoms with van der Waals surface area (Å²) in [6, 6.07) is 3.30. The monoisotopic (exact) mass is 308 g/mol. The van der Waals surface area contributed by atoms with Crippen LogP contribution < -0.4 is 10.6 Å². The number of nitrogens with one attached hydrogen (secondary N) is 2. The standard InChI is InChI=1S/C16H24N2O4/c19-13(14-4-3-8-21-14)11-17-15(20)18-12-5-9-22-16(10-12)6-1-2-7-16/h3-4,8,12-13,19H,1-2,5-7,9-11H2,(H2,17,18,20). The third-order valence-corrected chi connectivity index (χ3v) is 4.67. The highest BCUT2D eigenvalue weighted by Gasteiger charge is 2.40. The smallest absolute Gasteiger partial charge is 0.315 e. The van der Waals surface area contributed by atoms with E-state index in [1.807, 2.05) is 0 Å². The lowest BCUT2D eigenvalue weighted by molar-refractivity contribution is -0.0820. The first kappa shape index (κ1) is 15.4. The highest BCUT2D eigenvalue weighted by molar-refractivity contribution is 5.74. The molecule has 1 saturated heterocycles. The summed E-state index contributed by atoms with van der Waals surface area (Å²) in [5.41, 5.74) is -0.0100. The van der Waals surface area contributed by atoms with Crippen LogP contribution in [0.4, 0.5) is 4.79 Å². The number of carbonyl (C=O) groups excluding carboxylic acids is 1. The number of aliphatic hydroxyl groups excluding tert-OH is 1. The van der Waals surface area contributed by atoms with Gasteiger partial charge in [0.25, 0.3) is 0 Å². The van der Waals surface area contributed by atoms with Gasteiger partial charge in [-0.2, -0.15) is 0 Å². The van der Waals surface area contributed by atoms with Gasteiger partial charge in [0, 0.05) is 12.6 Å². The van der Waals surface area contributed by atoms with E-state index in [0.29, 0.717) is 12.4 Å². The highest BCUT2D eigenvalue weighted by Crippen LogP contribution is 2.39. The van der Waals surface area contributed by atoms with Crippen LogP contribution in [-0.2, 0) is 4.74 Å². The molecule has 0 bridgehead atoms. The Morgan fingerprint density at radius 2 is 2.27 bits per heavy atom. The van der Waals surface area contributed by atoms with Gasteiger partial charge in [0.2, 0.25) is 0 Å². The van der Waals surface area contributed by atoms with Crippen molar-refractivity contribution in [3.63, 3.8) is 0 Å². The zero-order chi connectivity index (χ0) is 15.4.